The Morgan fingerprint density at radius 1 is 1.59 bits per heavy atom. The molecule has 100 valence electrons. The fraction of sp³-hybridized carbons (Fsp3) is 0.900. The zero-order chi connectivity index (χ0) is 12.9. The maximum Gasteiger partial charge on any atom is 0.237 e. The van der Waals surface area contributed by atoms with Crippen molar-refractivity contribution in [1.29, 1.82) is 0 Å². The lowest BCUT2D eigenvalue weighted by Crippen LogP contribution is -2.49. The van der Waals surface area contributed by atoms with Gasteiger partial charge >= 0.3 is 0 Å². The second-order valence-corrected chi connectivity index (χ2v) is 7.56. The molecule has 1 unspecified atom stereocenters. The average molecular weight is 280 g/mol. The minimum atomic E-state index is -2.98. The highest BCUT2D eigenvalue weighted by Gasteiger charge is 2.27. The van der Waals surface area contributed by atoms with Crippen LogP contribution in [0.4, 0.5) is 0 Å². The molecule has 1 saturated heterocycles. The summed E-state index contributed by atoms with van der Waals surface area (Å²) in [5, 5.41) is 2.73. The largest absolute Gasteiger partial charge is 0.351 e. The van der Waals surface area contributed by atoms with E-state index in [1.807, 2.05) is 6.26 Å². The van der Waals surface area contributed by atoms with Crippen LogP contribution in [0.5, 0.6) is 0 Å². The molecule has 1 aliphatic rings. The summed E-state index contributed by atoms with van der Waals surface area (Å²) >= 11 is 1.64. The molecule has 0 bridgehead atoms. The third-order valence-electron chi connectivity index (χ3n) is 2.78. The highest BCUT2D eigenvalue weighted by molar-refractivity contribution is 7.98. The third kappa shape index (κ3) is 5.27. The molecule has 2 atom stereocenters. The van der Waals surface area contributed by atoms with E-state index in [0.29, 0.717) is 12.8 Å². The molecule has 17 heavy (non-hydrogen) atoms. The molecule has 1 heterocycles. The van der Waals surface area contributed by atoms with E-state index in [9.17, 15) is 13.2 Å². The van der Waals surface area contributed by atoms with Crippen molar-refractivity contribution >= 4 is 27.5 Å². The van der Waals surface area contributed by atoms with Crippen LogP contribution in [0.3, 0.4) is 0 Å². The van der Waals surface area contributed by atoms with Crippen LogP contribution in [-0.4, -0.2) is 49.9 Å². The summed E-state index contributed by atoms with van der Waals surface area (Å²) in [6.07, 6.45) is 3.92. The van der Waals surface area contributed by atoms with Crippen molar-refractivity contribution in [3.8, 4) is 0 Å². The number of carbonyl (C=O) groups excluding carboxylic acids is 1. The number of carbonyl (C=O) groups is 1. The topological polar surface area (TPSA) is 89.3 Å². The molecule has 0 aromatic heterocycles. The first-order valence-electron chi connectivity index (χ1n) is 5.70. The molecule has 1 fully saturated rings. The fourth-order valence-electron chi connectivity index (χ4n) is 1.82. The Morgan fingerprint density at radius 3 is 2.88 bits per heavy atom. The predicted octanol–water partition coefficient (Wildman–Crippen LogP) is -0.240. The minimum absolute atomic E-state index is 0.0496. The van der Waals surface area contributed by atoms with Gasteiger partial charge in [-0.2, -0.15) is 11.8 Å². The molecule has 0 aliphatic carbocycles. The molecule has 1 rings (SSSR count). The van der Waals surface area contributed by atoms with E-state index in [-0.39, 0.29) is 23.5 Å². The maximum atomic E-state index is 11.7. The van der Waals surface area contributed by atoms with Crippen molar-refractivity contribution < 1.29 is 13.2 Å². The Morgan fingerprint density at radius 2 is 2.29 bits per heavy atom. The molecule has 0 aromatic rings. The molecule has 7 heteroatoms. The number of hydrogen-bond acceptors (Lipinski definition) is 5. The van der Waals surface area contributed by atoms with Crippen LogP contribution in [0, 0.1) is 0 Å². The Hall–Kier alpha value is -0.270. The van der Waals surface area contributed by atoms with Crippen LogP contribution in [0.15, 0.2) is 0 Å². The van der Waals surface area contributed by atoms with E-state index >= 15 is 0 Å². The molecule has 0 radical (unpaired) electrons. The van der Waals surface area contributed by atoms with Gasteiger partial charge in [0.25, 0.3) is 0 Å². The summed E-state index contributed by atoms with van der Waals surface area (Å²) in [7, 11) is -2.98. The zero-order valence-corrected chi connectivity index (χ0v) is 11.6. The first-order valence-corrected chi connectivity index (χ1v) is 8.91. The monoisotopic (exact) mass is 280 g/mol. The van der Waals surface area contributed by atoms with Gasteiger partial charge in [0, 0.05) is 6.04 Å². The number of sulfone groups is 1. The number of hydrogen-bond donors (Lipinski definition) is 2. The molecule has 3 N–H and O–H groups in total. The summed E-state index contributed by atoms with van der Waals surface area (Å²) in [4.78, 5) is 11.7. The summed E-state index contributed by atoms with van der Waals surface area (Å²) in [5.41, 5.74) is 5.71. The highest BCUT2D eigenvalue weighted by atomic mass is 32.2. The summed E-state index contributed by atoms with van der Waals surface area (Å²) in [6, 6.07) is -0.798. The number of rotatable bonds is 5. The lowest BCUT2D eigenvalue weighted by molar-refractivity contribution is -0.123. The second-order valence-electron chi connectivity index (χ2n) is 4.35. The maximum absolute atomic E-state index is 11.7. The molecule has 1 aliphatic heterocycles. The quantitative estimate of drug-likeness (QED) is 0.725. The van der Waals surface area contributed by atoms with Gasteiger partial charge in [-0.1, -0.05) is 0 Å². The summed E-state index contributed by atoms with van der Waals surface area (Å²) in [6.45, 7) is 0. The van der Waals surface area contributed by atoms with Crippen LogP contribution < -0.4 is 11.1 Å². The number of thioether (sulfide) groups is 1. The molecule has 0 saturated carbocycles. The van der Waals surface area contributed by atoms with Gasteiger partial charge < -0.3 is 11.1 Å². The van der Waals surface area contributed by atoms with E-state index in [1.54, 1.807) is 11.8 Å². The predicted molar refractivity (Wildman–Crippen MR) is 70.8 cm³/mol. The Bertz CT molecular complexity index is 357. The van der Waals surface area contributed by atoms with Gasteiger partial charge in [-0.15, -0.1) is 0 Å². The molecular weight excluding hydrogens is 260 g/mol. The molecule has 1 amide bonds. The van der Waals surface area contributed by atoms with Gasteiger partial charge in [0.1, 0.15) is 0 Å². The van der Waals surface area contributed by atoms with Crippen LogP contribution in [0.1, 0.15) is 19.3 Å². The first kappa shape index (κ1) is 14.8. The van der Waals surface area contributed by atoms with Crippen molar-refractivity contribution in [2.24, 2.45) is 5.73 Å². The lowest BCUT2D eigenvalue weighted by Gasteiger charge is -2.24. The van der Waals surface area contributed by atoms with E-state index in [1.165, 1.54) is 0 Å². The van der Waals surface area contributed by atoms with Crippen LogP contribution >= 0.6 is 11.8 Å². The normalized spacial score (nSPS) is 25.2. The van der Waals surface area contributed by atoms with Gasteiger partial charge in [0.05, 0.1) is 17.5 Å². The number of amides is 1. The fourth-order valence-corrected chi connectivity index (χ4v) is 3.95. The van der Waals surface area contributed by atoms with Crippen LogP contribution in [0.2, 0.25) is 0 Å². The van der Waals surface area contributed by atoms with Gasteiger partial charge in [-0.05, 0) is 31.3 Å². The van der Waals surface area contributed by atoms with Gasteiger partial charge in [0.2, 0.25) is 5.91 Å². The van der Waals surface area contributed by atoms with Crippen molar-refractivity contribution in [3.63, 3.8) is 0 Å². The van der Waals surface area contributed by atoms with Crippen molar-refractivity contribution in [2.45, 2.75) is 31.3 Å². The molecule has 5 nitrogen and oxygen atoms in total. The zero-order valence-electron chi connectivity index (χ0n) is 10.0. The Kier molecular flexibility index (Phi) is 5.75. The molecule has 0 aromatic carbocycles. The lowest BCUT2D eigenvalue weighted by atomic mass is 10.1. The first-order chi connectivity index (χ1) is 7.94. The van der Waals surface area contributed by atoms with Gasteiger partial charge in [-0.25, -0.2) is 8.42 Å². The van der Waals surface area contributed by atoms with Gasteiger partial charge in [-0.3, -0.25) is 4.79 Å². The molecular formula is C10H20N2O3S2. The minimum Gasteiger partial charge on any atom is -0.351 e. The van der Waals surface area contributed by atoms with Crippen LogP contribution in [-0.2, 0) is 14.6 Å². The number of nitrogens with one attached hydrogen (secondary N) is 1. The van der Waals surface area contributed by atoms with Crippen molar-refractivity contribution in [2.75, 3.05) is 23.5 Å². The Balaban J connectivity index is 2.40. The second kappa shape index (κ2) is 6.61. The van der Waals surface area contributed by atoms with Crippen molar-refractivity contribution in [1.82, 2.24) is 5.32 Å². The van der Waals surface area contributed by atoms with Gasteiger partial charge in [0.15, 0.2) is 9.84 Å². The molecule has 0 spiro atoms. The SMILES string of the molecule is CSCC[C@H](N)C(=O)NC1CCCS(=O)(=O)C1. The third-order valence-corrected chi connectivity index (χ3v) is 5.24. The van der Waals surface area contributed by atoms with Crippen LogP contribution in [0.25, 0.3) is 0 Å². The van der Waals surface area contributed by atoms with E-state index in [2.05, 4.69) is 5.32 Å². The van der Waals surface area contributed by atoms with Crippen molar-refractivity contribution in [3.05, 3.63) is 0 Å². The smallest absolute Gasteiger partial charge is 0.237 e. The average Bonchev–Trinajstić information content (AvgIpc) is 2.24. The van der Waals surface area contributed by atoms with E-state index < -0.39 is 15.9 Å². The number of nitrogens with two attached hydrogens (primary N) is 1. The van der Waals surface area contributed by atoms with E-state index in [0.717, 1.165) is 12.2 Å². The van der Waals surface area contributed by atoms with E-state index in [4.69, 9.17) is 5.73 Å². The standard InChI is InChI=1S/C10H20N2O3S2/c1-16-5-4-9(11)10(13)12-8-3-2-6-17(14,15)7-8/h8-9H,2-7,11H2,1H3,(H,12,13)/t8?,9-/m0/s1. The highest BCUT2D eigenvalue weighted by Crippen LogP contribution is 2.12. The Labute approximate surface area is 107 Å². The summed E-state index contributed by atoms with van der Waals surface area (Å²) in [5.74, 6) is 0.879. The summed E-state index contributed by atoms with van der Waals surface area (Å²) < 4.78 is 22.8.